The lowest BCUT2D eigenvalue weighted by molar-refractivity contribution is -0.118. The Morgan fingerprint density at radius 2 is 2.00 bits per heavy atom. The number of fused-ring (bicyclic) bond motifs is 2. The molecule has 0 atom stereocenters. The Hall–Kier alpha value is -2.47. The zero-order chi connectivity index (χ0) is 19.8. The number of aryl methyl sites for hydroxylation is 2. The van der Waals surface area contributed by atoms with E-state index in [0.717, 1.165) is 28.8 Å². The Balaban J connectivity index is 1.88. The van der Waals surface area contributed by atoms with Gasteiger partial charge in [0.2, 0.25) is 5.91 Å². The van der Waals surface area contributed by atoms with Gasteiger partial charge in [0.15, 0.2) is 0 Å². The van der Waals surface area contributed by atoms with Gasteiger partial charge in [0.25, 0.3) is 5.56 Å². The molecule has 1 aliphatic rings. The molecule has 2 aromatic heterocycles. The van der Waals surface area contributed by atoms with E-state index in [1.165, 1.54) is 35.3 Å². The summed E-state index contributed by atoms with van der Waals surface area (Å²) in [6.45, 7) is 4.28. The Kier molecular flexibility index (Phi) is 5.06. The number of hydrogen-bond acceptors (Lipinski definition) is 4. The van der Waals surface area contributed by atoms with E-state index in [-0.39, 0.29) is 24.4 Å². The van der Waals surface area contributed by atoms with Crippen LogP contribution in [0.3, 0.4) is 0 Å². The minimum atomic E-state index is -0.415. The summed E-state index contributed by atoms with van der Waals surface area (Å²) in [5.74, 6) is 0.374. The first-order valence-corrected chi connectivity index (χ1v) is 10.8. The average Bonchev–Trinajstić information content (AvgIpc) is 3.10. The molecule has 2 heterocycles. The molecule has 0 aliphatic heterocycles. The largest absolute Gasteiger partial charge is 0.370 e. The van der Waals surface area contributed by atoms with E-state index < -0.39 is 5.91 Å². The van der Waals surface area contributed by atoms with Gasteiger partial charge in [0.05, 0.1) is 5.39 Å². The molecule has 1 aromatic carbocycles. The van der Waals surface area contributed by atoms with Crippen LogP contribution in [0.25, 0.3) is 21.3 Å². The molecule has 0 radical (unpaired) electrons. The maximum Gasteiger partial charge on any atom is 0.262 e. The van der Waals surface area contributed by atoms with Crippen molar-refractivity contribution < 1.29 is 4.79 Å². The maximum absolute atomic E-state index is 13.4. The molecule has 146 valence electrons. The molecule has 1 amide bonds. The van der Waals surface area contributed by atoms with Crippen LogP contribution in [0.4, 0.5) is 0 Å². The van der Waals surface area contributed by atoms with E-state index in [1.54, 1.807) is 4.57 Å². The van der Waals surface area contributed by atoms with Crippen LogP contribution in [0.15, 0.2) is 28.4 Å². The highest BCUT2D eigenvalue weighted by Gasteiger charge is 2.20. The van der Waals surface area contributed by atoms with Gasteiger partial charge < -0.3 is 5.73 Å². The number of aromatic nitrogens is 2. The molecule has 0 bridgehead atoms. The summed E-state index contributed by atoms with van der Waals surface area (Å²) >= 11 is 1.51. The maximum atomic E-state index is 13.4. The lowest BCUT2D eigenvalue weighted by Crippen LogP contribution is -2.28. The Morgan fingerprint density at radius 3 is 2.71 bits per heavy atom. The summed E-state index contributed by atoms with van der Waals surface area (Å²) in [7, 11) is 0. The van der Waals surface area contributed by atoms with Crippen LogP contribution in [0, 0.1) is 0 Å². The second-order valence-electron chi connectivity index (χ2n) is 7.82. The zero-order valence-electron chi connectivity index (χ0n) is 16.3. The third-order valence-electron chi connectivity index (χ3n) is 5.48. The first kappa shape index (κ1) is 18.9. The second kappa shape index (κ2) is 7.51. The van der Waals surface area contributed by atoms with Gasteiger partial charge in [-0.1, -0.05) is 32.0 Å². The predicted octanol–water partition coefficient (Wildman–Crippen LogP) is 4.00. The van der Waals surface area contributed by atoms with Crippen molar-refractivity contribution in [1.82, 2.24) is 9.55 Å². The van der Waals surface area contributed by atoms with Crippen molar-refractivity contribution >= 4 is 27.5 Å². The molecule has 3 aromatic rings. The quantitative estimate of drug-likeness (QED) is 0.709. The van der Waals surface area contributed by atoms with E-state index in [2.05, 4.69) is 18.2 Å². The second-order valence-corrected chi connectivity index (χ2v) is 8.68. The predicted molar refractivity (Wildman–Crippen MR) is 114 cm³/mol. The Morgan fingerprint density at radius 1 is 1.25 bits per heavy atom. The Bertz CT molecular complexity index is 1110. The minimum absolute atomic E-state index is 0.0797. The zero-order valence-corrected chi connectivity index (χ0v) is 17.1. The van der Waals surface area contributed by atoms with Gasteiger partial charge in [-0.15, -0.1) is 11.3 Å². The molecule has 4 rings (SSSR count). The number of thiophene rings is 1. The van der Waals surface area contributed by atoms with Crippen molar-refractivity contribution in [1.29, 1.82) is 0 Å². The van der Waals surface area contributed by atoms with Gasteiger partial charge >= 0.3 is 0 Å². The molecule has 0 saturated heterocycles. The summed E-state index contributed by atoms with van der Waals surface area (Å²) in [5.41, 5.74) is 10.1. The minimum Gasteiger partial charge on any atom is -0.370 e. The first-order valence-electron chi connectivity index (χ1n) is 9.88. The van der Waals surface area contributed by atoms with Crippen LogP contribution >= 0.6 is 11.3 Å². The molecule has 0 unspecified atom stereocenters. The van der Waals surface area contributed by atoms with Gasteiger partial charge in [-0.05, 0) is 42.4 Å². The van der Waals surface area contributed by atoms with Crippen LogP contribution in [-0.4, -0.2) is 15.5 Å². The van der Waals surface area contributed by atoms with Crippen molar-refractivity contribution in [3.63, 3.8) is 0 Å². The van der Waals surface area contributed by atoms with Crippen LogP contribution in [-0.2, 0) is 24.2 Å². The fraction of sp³-hybridized carbons (Fsp3) is 0.409. The SMILES string of the molecule is CC(C)c1nc2scc(-c3ccc4c(c3)CCCC4)c2c(=O)n1CCC(N)=O. The van der Waals surface area contributed by atoms with Crippen LogP contribution in [0.2, 0.25) is 0 Å². The number of carbonyl (C=O) groups is 1. The smallest absolute Gasteiger partial charge is 0.262 e. The molecule has 0 saturated carbocycles. The molecule has 5 nitrogen and oxygen atoms in total. The number of rotatable bonds is 5. The first-order chi connectivity index (χ1) is 13.5. The third-order valence-corrected chi connectivity index (χ3v) is 6.35. The number of carbonyl (C=O) groups excluding carboxylic acids is 1. The summed E-state index contributed by atoms with van der Waals surface area (Å²) in [4.78, 5) is 30.2. The number of primary amides is 1. The molecule has 0 spiro atoms. The lowest BCUT2D eigenvalue weighted by Gasteiger charge is -2.17. The van der Waals surface area contributed by atoms with E-state index in [9.17, 15) is 9.59 Å². The fourth-order valence-corrected chi connectivity index (χ4v) is 4.98. The van der Waals surface area contributed by atoms with Crippen LogP contribution in [0.5, 0.6) is 0 Å². The standard InChI is InChI=1S/C22H25N3O2S/c1-13(2)20-24-21-19(22(27)25(20)10-9-18(23)26)17(12-28-21)16-8-7-14-5-3-4-6-15(14)11-16/h7-8,11-13H,3-6,9-10H2,1-2H3,(H2,23,26). The van der Waals surface area contributed by atoms with Crippen LogP contribution in [0.1, 0.15) is 56.0 Å². The molecular formula is C22H25N3O2S. The van der Waals surface area contributed by atoms with Crippen molar-refractivity contribution in [2.24, 2.45) is 5.73 Å². The lowest BCUT2D eigenvalue weighted by atomic mass is 9.89. The molecule has 1 aliphatic carbocycles. The fourth-order valence-electron chi connectivity index (χ4n) is 4.03. The number of hydrogen-bond donors (Lipinski definition) is 1. The third kappa shape index (κ3) is 3.37. The van der Waals surface area contributed by atoms with Crippen molar-refractivity contribution in [3.05, 3.63) is 50.9 Å². The summed E-state index contributed by atoms with van der Waals surface area (Å²) in [6.07, 6.45) is 4.84. The molecule has 6 heteroatoms. The van der Waals surface area contributed by atoms with Gasteiger partial charge in [0, 0.05) is 29.8 Å². The monoisotopic (exact) mass is 395 g/mol. The number of amides is 1. The highest BCUT2D eigenvalue weighted by molar-refractivity contribution is 7.17. The summed E-state index contributed by atoms with van der Waals surface area (Å²) in [5, 5.41) is 2.68. The van der Waals surface area contributed by atoms with Crippen molar-refractivity contribution in [3.8, 4) is 11.1 Å². The molecule has 0 fully saturated rings. The highest BCUT2D eigenvalue weighted by atomic mass is 32.1. The normalized spacial score (nSPS) is 13.8. The van der Waals surface area contributed by atoms with E-state index in [1.807, 2.05) is 19.2 Å². The van der Waals surface area contributed by atoms with Gasteiger partial charge in [0.1, 0.15) is 10.7 Å². The molecular weight excluding hydrogens is 370 g/mol. The number of benzene rings is 1. The van der Waals surface area contributed by atoms with Gasteiger partial charge in [-0.25, -0.2) is 4.98 Å². The van der Waals surface area contributed by atoms with Crippen LogP contribution < -0.4 is 11.3 Å². The van der Waals surface area contributed by atoms with E-state index >= 15 is 0 Å². The molecule has 2 N–H and O–H groups in total. The number of nitrogens with zero attached hydrogens (tertiary/aromatic N) is 2. The summed E-state index contributed by atoms with van der Waals surface area (Å²) < 4.78 is 1.63. The van der Waals surface area contributed by atoms with Gasteiger partial charge in [-0.3, -0.25) is 14.2 Å². The Labute approximate surface area is 168 Å². The topological polar surface area (TPSA) is 78.0 Å². The number of nitrogens with two attached hydrogens (primary N) is 1. The van der Waals surface area contributed by atoms with E-state index in [0.29, 0.717) is 11.2 Å². The van der Waals surface area contributed by atoms with E-state index in [4.69, 9.17) is 10.7 Å². The van der Waals surface area contributed by atoms with Gasteiger partial charge in [-0.2, -0.15) is 0 Å². The van der Waals surface area contributed by atoms with Crippen molar-refractivity contribution in [2.45, 2.75) is 58.4 Å². The average molecular weight is 396 g/mol. The highest BCUT2D eigenvalue weighted by Crippen LogP contribution is 2.34. The van der Waals surface area contributed by atoms with Crippen molar-refractivity contribution in [2.75, 3.05) is 0 Å². The summed E-state index contributed by atoms with van der Waals surface area (Å²) in [6, 6.07) is 6.56. The molecule has 28 heavy (non-hydrogen) atoms.